The minimum Gasteiger partial charge on any atom is -0.247 e. The van der Waals surface area contributed by atoms with Crippen LogP contribution in [0.5, 0.6) is 0 Å². The quantitative estimate of drug-likeness (QED) is 0.107. The highest BCUT2D eigenvalue weighted by molar-refractivity contribution is 6.25. The maximum atomic E-state index is 5.36. The van der Waals surface area contributed by atoms with E-state index in [2.05, 4.69) is 218 Å². The van der Waals surface area contributed by atoms with Gasteiger partial charge in [-0.05, 0) is 89.0 Å². The molecule has 0 aliphatic rings. The fourth-order valence-corrected chi connectivity index (χ4v) is 15.5. The molecule has 0 aliphatic heterocycles. The summed E-state index contributed by atoms with van der Waals surface area (Å²) in [6.45, 7) is 0. The van der Waals surface area contributed by atoms with Crippen LogP contribution in [0.4, 0.5) is 0 Å². The summed E-state index contributed by atoms with van der Waals surface area (Å²) in [4.78, 5) is 39.2. The van der Waals surface area contributed by atoms with E-state index in [1.54, 1.807) is 9.59 Å². The summed E-state index contributed by atoms with van der Waals surface area (Å²) in [7, 11) is 0. The van der Waals surface area contributed by atoms with Crippen LogP contribution in [-0.2, 0) is 0 Å². The molecule has 0 bridgehead atoms. The molecule has 0 amide bonds. The lowest BCUT2D eigenvalue weighted by atomic mass is 9.93. The van der Waals surface area contributed by atoms with E-state index < -0.39 is 0 Å². The van der Waals surface area contributed by atoms with Crippen molar-refractivity contribution in [3.8, 4) is 124 Å². The summed E-state index contributed by atoms with van der Waals surface area (Å²) in [5.41, 5.74) is 25.6. The molecule has 0 saturated carbocycles. The van der Waals surface area contributed by atoms with Gasteiger partial charge in [-0.3, -0.25) is 0 Å². The zero-order chi connectivity index (χ0) is 75.4. The molecule has 7 heterocycles. The van der Waals surface area contributed by atoms with Crippen molar-refractivity contribution in [3.05, 3.63) is 382 Å². The molecule has 0 aliphatic carbocycles. The van der Waals surface area contributed by atoms with E-state index in [0.717, 1.165) is 194 Å². The fraction of sp³-hybridized carbons (Fsp3) is 0. The van der Waals surface area contributed by atoms with E-state index in [1.807, 2.05) is 164 Å². The van der Waals surface area contributed by atoms with Crippen molar-refractivity contribution in [2.75, 3.05) is 0 Å². The van der Waals surface area contributed by atoms with Crippen LogP contribution in [0.2, 0.25) is 0 Å². The van der Waals surface area contributed by atoms with Crippen LogP contribution in [0.25, 0.3) is 211 Å². The summed E-state index contributed by atoms with van der Waals surface area (Å²) in [5, 5.41) is 28.9. The number of benzene rings is 15. The largest absolute Gasteiger partial charge is 0.247 e. The maximum Gasteiger partial charge on any atom is 0.164 e. The Morgan fingerprint density at radius 2 is 0.509 bits per heavy atom. The van der Waals surface area contributed by atoms with Gasteiger partial charge in [0.25, 0.3) is 0 Å². The first kappa shape index (κ1) is 66.5. The van der Waals surface area contributed by atoms with Gasteiger partial charge >= 0.3 is 0 Å². The average molecular weight is 1460 g/mol. The van der Waals surface area contributed by atoms with E-state index in [-0.39, 0.29) is 0 Å². The zero-order valence-electron chi connectivity index (χ0n) is 61.2. The Hall–Kier alpha value is -15.7. The predicted octanol–water partition coefficient (Wildman–Crippen LogP) is 24.2. The fourth-order valence-electron chi connectivity index (χ4n) is 15.5. The molecule has 22 aromatic rings. The van der Waals surface area contributed by atoms with Crippen molar-refractivity contribution in [1.82, 2.24) is 64.9 Å². The third kappa shape index (κ3) is 12.2. The van der Waals surface area contributed by atoms with Crippen LogP contribution in [0, 0.1) is 0 Å². The van der Waals surface area contributed by atoms with E-state index in [9.17, 15) is 0 Å². The molecule has 114 heavy (non-hydrogen) atoms. The minimum absolute atomic E-state index is 0.620. The Kier molecular flexibility index (Phi) is 16.5. The molecule has 0 fully saturated rings. The SMILES string of the molecule is c1ccc(-c2ccc3ccc4ccc(-c5ccc(-c6nc7ccccc7c7c6cc(-c6ccccc6)c6nn(-c8ccccc8)nc67)cc5)nc4c3n2)cc1.c1ccc(-c2nc(-c3ccccc3)nc(-c3ccc(-c4cccc(-c5nc6ccccc6c6c5cc(-c5ccccc5)c5nn(-c7ccccc7)nc56)c4)cc3)n2)cc1. The van der Waals surface area contributed by atoms with Gasteiger partial charge in [-0.15, -0.1) is 20.4 Å². The average Bonchev–Trinajstić information content (AvgIpc) is 1.41. The number of nitrogens with zero attached hydrogens (tertiary/aromatic N) is 13. The molecule has 13 nitrogen and oxygen atoms in total. The number of aromatic nitrogens is 13. The first-order valence-electron chi connectivity index (χ1n) is 37.9. The van der Waals surface area contributed by atoms with Crippen LogP contribution in [0.3, 0.4) is 0 Å². The van der Waals surface area contributed by atoms with Crippen LogP contribution in [0.15, 0.2) is 382 Å². The van der Waals surface area contributed by atoms with Crippen molar-refractivity contribution in [2.24, 2.45) is 0 Å². The van der Waals surface area contributed by atoms with Gasteiger partial charge in [0.15, 0.2) is 17.5 Å². The van der Waals surface area contributed by atoms with Crippen LogP contribution in [-0.4, -0.2) is 64.9 Å². The number of hydrogen-bond acceptors (Lipinski definition) is 11. The number of hydrogen-bond donors (Lipinski definition) is 0. The number of fused-ring (bicyclic) bond motifs is 13. The summed E-state index contributed by atoms with van der Waals surface area (Å²) >= 11 is 0. The van der Waals surface area contributed by atoms with E-state index in [4.69, 9.17) is 55.3 Å². The normalized spacial score (nSPS) is 11.5. The minimum atomic E-state index is 0.620. The van der Waals surface area contributed by atoms with Crippen LogP contribution >= 0.6 is 0 Å². The molecule has 532 valence electrons. The summed E-state index contributed by atoms with van der Waals surface area (Å²) < 4.78 is 0. The highest BCUT2D eigenvalue weighted by Crippen LogP contribution is 2.45. The molecule has 0 radical (unpaired) electrons. The third-order valence-corrected chi connectivity index (χ3v) is 21.1. The van der Waals surface area contributed by atoms with Gasteiger partial charge < -0.3 is 0 Å². The van der Waals surface area contributed by atoms with E-state index in [0.29, 0.717) is 17.5 Å². The Balaban J connectivity index is 0.000000144. The Bertz CT molecular complexity index is 7360. The zero-order valence-corrected chi connectivity index (χ0v) is 61.2. The van der Waals surface area contributed by atoms with Crippen molar-refractivity contribution >= 4 is 87.2 Å². The van der Waals surface area contributed by atoms with Gasteiger partial charge in [0.05, 0.1) is 56.2 Å². The summed E-state index contributed by atoms with van der Waals surface area (Å²) in [5.74, 6) is 1.89. The second kappa shape index (κ2) is 28.4. The van der Waals surface area contributed by atoms with Crippen LogP contribution < -0.4 is 0 Å². The van der Waals surface area contributed by atoms with Crippen molar-refractivity contribution in [1.29, 1.82) is 0 Å². The molecule has 0 N–H and O–H groups in total. The van der Waals surface area contributed by atoms with Gasteiger partial charge in [0.1, 0.15) is 22.1 Å². The predicted molar refractivity (Wildman–Crippen MR) is 462 cm³/mol. The highest BCUT2D eigenvalue weighted by Gasteiger charge is 2.25. The molecular formula is C101H63N13. The van der Waals surface area contributed by atoms with Crippen molar-refractivity contribution in [2.45, 2.75) is 0 Å². The number of para-hydroxylation sites is 4. The molecule has 13 heteroatoms. The topological polar surface area (TPSA) is 152 Å². The van der Waals surface area contributed by atoms with Crippen LogP contribution in [0.1, 0.15) is 0 Å². The van der Waals surface area contributed by atoms with Gasteiger partial charge in [-0.1, -0.05) is 315 Å². The molecule has 15 aromatic carbocycles. The Morgan fingerprint density at radius 1 is 0.184 bits per heavy atom. The molecule has 0 spiro atoms. The lowest BCUT2D eigenvalue weighted by Crippen LogP contribution is -2.00. The van der Waals surface area contributed by atoms with Gasteiger partial charge in [-0.2, -0.15) is 9.59 Å². The molecule has 0 atom stereocenters. The molecule has 22 rings (SSSR count). The van der Waals surface area contributed by atoms with Gasteiger partial charge in [0, 0.05) is 93.2 Å². The second-order valence-corrected chi connectivity index (χ2v) is 28.2. The Morgan fingerprint density at radius 3 is 0.965 bits per heavy atom. The molecule has 0 saturated heterocycles. The van der Waals surface area contributed by atoms with Crippen molar-refractivity contribution < 1.29 is 0 Å². The molecule has 7 aromatic heterocycles. The monoisotopic (exact) mass is 1460 g/mol. The molecule has 0 unspecified atom stereocenters. The summed E-state index contributed by atoms with van der Waals surface area (Å²) in [6.07, 6.45) is 0. The first-order valence-corrected chi connectivity index (χ1v) is 37.9. The summed E-state index contributed by atoms with van der Waals surface area (Å²) in [6, 6.07) is 131. The van der Waals surface area contributed by atoms with E-state index >= 15 is 0 Å². The molecular weight excluding hydrogens is 1400 g/mol. The maximum absolute atomic E-state index is 5.36. The van der Waals surface area contributed by atoms with Crippen molar-refractivity contribution in [3.63, 3.8) is 0 Å². The van der Waals surface area contributed by atoms with E-state index in [1.165, 1.54) is 0 Å². The second-order valence-electron chi connectivity index (χ2n) is 28.2. The standard InChI is InChI=1S/C52H33N7.C49H30N6/c1-5-16-35(17-6-1)43-33-44-46(49-48(43)57-59(58-49)41-24-11-4-12-25-41)42-26-13-14-27-45(42)53-47(44)40-23-15-22-39(32-40)34-28-30-38(31-29-34)52-55-50(36-18-7-2-8-19-36)54-51(56-52)37-20-9-3-10-21-37;1-4-12-31(13-5-1)39-30-40-44(49-48(39)53-55(54-49)37-16-8-3-9-17-37)38-18-10-11-19-43(38)52-45(40)34-22-20-33(21-23-34)42-29-27-36-25-24-35-26-28-41(32-14-6-2-7-15-32)50-46(35)47(36)51-42/h1-33H;1-30H. The lowest BCUT2D eigenvalue weighted by Gasteiger charge is -2.14. The lowest BCUT2D eigenvalue weighted by molar-refractivity contribution is 0.766. The smallest absolute Gasteiger partial charge is 0.164 e. The van der Waals surface area contributed by atoms with Gasteiger partial charge in [0.2, 0.25) is 0 Å². The number of rotatable bonds is 12. The Labute approximate surface area is 654 Å². The first-order chi connectivity index (χ1) is 56.5. The van der Waals surface area contributed by atoms with Gasteiger partial charge in [-0.25, -0.2) is 34.9 Å². The highest BCUT2D eigenvalue weighted by atomic mass is 15.5. The number of pyridine rings is 4. The third-order valence-electron chi connectivity index (χ3n) is 21.1.